The molecule has 5 nitrogen and oxygen atoms in total. The van der Waals surface area contributed by atoms with Gasteiger partial charge in [-0.25, -0.2) is 4.68 Å². The molecule has 1 aromatic heterocycles. The highest BCUT2D eigenvalue weighted by Gasteiger charge is 2.21. The Morgan fingerprint density at radius 1 is 1.03 bits per heavy atom. The number of carbonyl (C=O) groups excluding carboxylic acids is 1. The summed E-state index contributed by atoms with van der Waals surface area (Å²) in [5.41, 5.74) is 5.34. The number of aryl methyl sites for hydroxylation is 2. The van der Waals surface area contributed by atoms with Gasteiger partial charge in [-0.1, -0.05) is 31.5 Å². The molecule has 2 aromatic carbocycles. The lowest BCUT2D eigenvalue weighted by Crippen LogP contribution is -2.37. The zero-order valence-electron chi connectivity index (χ0n) is 18.0. The number of hydrogen-bond donors (Lipinski definition) is 1. The van der Waals surface area contributed by atoms with Crippen molar-refractivity contribution in [3.63, 3.8) is 0 Å². The minimum absolute atomic E-state index is 0.0643. The molecule has 0 aliphatic rings. The summed E-state index contributed by atoms with van der Waals surface area (Å²) in [5.74, 6) is 1.00. The molecule has 1 heterocycles. The normalized spacial score (nSPS) is 12.1. The predicted octanol–water partition coefficient (Wildman–Crippen LogP) is 4.94. The molecule has 3 aromatic rings. The number of nitrogens with one attached hydrogen (secondary N) is 1. The molecule has 0 bridgehead atoms. The van der Waals surface area contributed by atoms with Gasteiger partial charge in [0.1, 0.15) is 11.4 Å². The second-order valence-electron chi connectivity index (χ2n) is 7.85. The van der Waals surface area contributed by atoms with Gasteiger partial charge in [0.05, 0.1) is 18.5 Å². The Balaban J connectivity index is 2.08. The molecule has 0 aliphatic carbocycles. The quantitative estimate of drug-likeness (QED) is 0.648. The average molecular weight is 392 g/mol. The zero-order chi connectivity index (χ0) is 21.1. The molecule has 0 saturated carbocycles. The standard InChI is InChI=1S/C24H29N3O2/c1-15(2)18(5)25-24(28)23-14-21(19-8-10-20(29-6)11-9-19)26-27(23)22-12-7-16(3)13-17(22)4/h7-15,18H,1-6H3,(H,25,28). The van der Waals surface area contributed by atoms with Crippen LogP contribution in [-0.2, 0) is 0 Å². The van der Waals surface area contributed by atoms with Crippen molar-refractivity contribution in [1.29, 1.82) is 0 Å². The lowest BCUT2D eigenvalue weighted by atomic mass is 10.1. The molecule has 0 radical (unpaired) electrons. The van der Waals surface area contributed by atoms with Gasteiger partial charge in [-0.2, -0.15) is 5.10 Å². The van der Waals surface area contributed by atoms with Crippen LogP contribution in [0.3, 0.4) is 0 Å². The SMILES string of the molecule is COc1ccc(-c2cc(C(=O)NC(C)C(C)C)n(-c3ccc(C)cc3C)n2)cc1. The van der Waals surface area contributed by atoms with Crippen LogP contribution < -0.4 is 10.1 Å². The minimum Gasteiger partial charge on any atom is -0.497 e. The number of methoxy groups -OCH3 is 1. The number of rotatable bonds is 6. The first-order valence-corrected chi connectivity index (χ1v) is 9.93. The number of carbonyl (C=O) groups is 1. The Hall–Kier alpha value is -3.08. The van der Waals surface area contributed by atoms with Gasteiger partial charge in [0.2, 0.25) is 0 Å². The number of benzene rings is 2. The van der Waals surface area contributed by atoms with E-state index in [2.05, 4.69) is 32.2 Å². The van der Waals surface area contributed by atoms with Crippen LogP contribution in [0.15, 0.2) is 48.5 Å². The van der Waals surface area contributed by atoms with Crippen LogP contribution in [0.5, 0.6) is 5.75 Å². The summed E-state index contributed by atoms with van der Waals surface area (Å²) in [4.78, 5) is 13.1. The van der Waals surface area contributed by atoms with Crippen molar-refractivity contribution in [2.24, 2.45) is 5.92 Å². The monoisotopic (exact) mass is 391 g/mol. The van der Waals surface area contributed by atoms with Crippen molar-refractivity contribution in [2.75, 3.05) is 7.11 Å². The fourth-order valence-electron chi connectivity index (χ4n) is 3.12. The summed E-state index contributed by atoms with van der Waals surface area (Å²) in [6, 6.07) is 15.8. The first-order chi connectivity index (χ1) is 13.8. The Kier molecular flexibility index (Phi) is 6.06. The van der Waals surface area contributed by atoms with Gasteiger partial charge in [-0.05, 0) is 68.7 Å². The smallest absolute Gasteiger partial charge is 0.270 e. The lowest BCUT2D eigenvalue weighted by molar-refractivity contribution is 0.0922. The van der Waals surface area contributed by atoms with E-state index in [4.69, 9.17) is 9.84 Å². The first kappa shape index (κ1) is 20.6. The largest absolute Gasteiger partial charge is 0.497 e. The fraction of sp³-hybridized carbons (Fsp3) is 0.333. The highest BCUT2D eigenvalue weighted by Crippen LogP contribution is 2.25. The molecular formula is C24H29N3O2. The van der Waals surface area contributed by atoms with Gasteiger partial charge in [0, 0.05) is 11.6 Å². The topological polar surface area (TPSA) is 56.1 Å². The summed E-state index contributed by atoms with van der Waals surface area (Å²) < 4.78 is 6.99. The van der Waals surface area contributed by atoms with Crippen molar-refractivity contribution in [1.82, 2.24) is 15.1 Å². The van der Waals surface area contributed by atoms with Crippen molar-refractivity contribution in [3.8, 4) is 22.7 Å². The Labute approximate surface area is 172 Å². The van der Waals surface area contributed by atoms with Crippen molar-refractivity contribution < 1.29 is 9.53 Å². The minimum atomic E-state index is -0.126. The first-order valence-electron chi connectivity index (χ1n) is 9.93. The van der Waals surface area contributed by atoms with Gasteiger partial charge in [0.25, 0.3) is 5.91 Å². The van der Waals surface area contributed by atoms with E-state index in [1.807, 2.05) is 56.3 Å². The average Bonchev–Trinajstić information content (AvgIpc) is 3.13. The number of aromatic nitrogens is 2. The van der Waals surface area contributed by atoms with E-state index < -0.39 is 0 Å². The third kappa shape index (κ3) is 4.50. The molecule has 1 N–H and O–H groups in total. The van der Waals surface area contributed by atoms with E-state index in [0.29, 0.717) is 11.6 Å². The lowest BCUT2D eigenvalue weighted by Gasteiger charge is -2.18. The van der Waals surface area contributed by atoms with Gasteiger partial charge in [0.15, 0.2) is 0 Å². The van der Waals surface area contributed by atoms with Gasteiger partial charge in [-0.3, -0.25) is 4.79 Å². The number of hydrogen-bond acceptors (Lipinski definition) is 3. The van der Waals surface area contributed by atoms with E-state index in [1.165, 1.54) is 5.56 Å². The van der Waals surface area contributed by atoms with Crippen LogP contribution in [0, 0.1) is 19.8 Å². The Morgan fingerprint density at radius 2 is 1.72 bits per heavy atom. The summed E-state index contributed by atoms with van der Waals surface area (Å²) in [5, 5.41) is 7.88. The number of amides is 1. The highest BCUT2D eigenvalue weighted by molar-refractivity contribution is 5.94. The molecule has 0 spiro atoms. The maximum atomic E-state index is 13.1. The van der Waals surface area contributed by atoms with Gasteiger partial charge in [-0.15, -0.1) is 0 Å². The van der Waals surface area contributed by atoms with Crippen LogP contribution in [0.2, 0.25) is 0 Å². The van der Waals surface area contributed by atoms with Crippen LogP contribution in [0.1, 0.15) is 42.4 Å². The van der Waals surface area contributed by atoms with Crippen LogP contribution in [0.4, 0.5) is 0 Å². The molecule has 5 heteroatoms. The van der Waals surface area contributed by atoms with Crippen LogP contribution in [0.25, 0.3) is 16.9 Å². The maximum absolute atomic E-state index is 13.1. The summed E-state index contributed by atoms with van der Waals surface area (Å²) in [6.45, 7) is 10.3. The van der Waals surface area contributed by atoms with Gasteiger partial charge < -0.3 is 10.1 Å². The van der Waals surface area contributed by atoms with Crippen LogP contribution >= 0.6 is 0 Å². The third-order valence-corrected chi connectivity index (χ3v) is 5.27. The number of nitrogens with zero attached hydrogens (tertiary/aromatic N) is 2. The maximum Gasteiger partial charge on any atom is 0.270 e. The third-order valence-electron chi connectivity index (χ3n) is 5.27. The molecule has 1 atom stereocenters. The fourth-order valence-corrected chi connectivity index (χ4v) is 3.12. The number of ether oxygens (including phenoxy) is 1. The second kappa shape index (κ2) is 8.52. The molecule has 152 valence electrons. The molecule has 0 saturated heterocycles. The molecule has 29 heavy (non-hydrogen) atoms. The van der Waals surface area contributed by atoms with Crippen LogP contribution in [-0.4, -0.2) is 28.8 Å². The zero-order valence-corrected chi connectivity index (χ0v) is 18.0. The van der Waals surface area contributed by atoms with Crippen molar-refractivity contribution >= 4 is 5.91 Å². The van der Waals surface area contributed by atoms with Crippen molar-refractivity contribution in [3.05, 3.63) is 65.4 Å². The molecular weight excluding hydrogens is 362 g/mol. The van der Waals surface area contributed by atoms with Crippen molar-refractivity contribution in [2.45, 2.75) is 40.7 Å². The van der Waals surface area contributed by atoms with E-state index in [0.717, 1.165) is 28.3 Å². The van der Waals surface area contributed by atoms with E-state index in [1.54, 1.807) is 11.8 Å². The predicted molar refractivity (Wildman–Crippen MR) is 117 cm³/mol. The molecule has 3 rings (SSSR count). The highest BCUT2D eigenvalue weighted by atomic mass is 16.5. The molecule has 0 fully saturated rings. The Bertz CT molecular complexity index is 1000. The second-order valence-corrected chi connectivity index (χ2v) is 7.85. The molecule has 1 amide bonds. The summed E-state index contributed by atoms with van der Waals surface area (Å²) >= 11 is 0. The van der Waals surface area contributed by atoms with Gasteiger partial charge >= 0.3 is 0 Å². The molecule has 0 aliphatic heterocycles. The Morgan fingerprint density at radius 3 is 2.31 bits per heavy atom. The van der Waals surface area contributed by atoms with E-state index in [9.17, 15) is 4.79 Å². The summed E-state index contributed by atoms with van der Waals surface area (Å²) in [7, 11) is 1.64. The van der Waals surface area contributed by atoms with E-state index in [-0.39, 0.29) is 11.9 Å². The summed E-state index contributed by atoms with van der Waals surface area (Å²) in [6.07, 6.45) is 0. The molecule has 1 unspecified atom stereocenters. The van der Waals surface area contributed by atoms with E-state index >= 15 is 0 Å².